The van der Waals surface area contributed by atoms with Crippen LogP contribution in [0.3, 0.4) is 0 Å². The summed E-state index contributed by atoms with van der Waals surface area (Å²) in [5.41, 5.74) is 2.72. The van der Waals surface area contributed by atoms with Crippen LogP contribution in [0, 0.1) is 33.9 Å². The smallest absolute Gasteiger partial charge is 0.312 e. The molecule has 0 saturated carbocycles. The minimum atomic E-state index is -4.76. The molecule has 0 saturated heterocycles. The highest BCUT2D eigenvalue weighted by Gasteiger charge is 2.42. The van der Waals surface area contributed by atoms with E-state index in [4.69, 9.17) is 10.5 Å². The number of imide groups is 1. The van der Waals surface area contributed by atoms with Crippen LogP contribution in [-0.4, -0.2) is 142 Å². The van der Waals surface area contributed by atoms with Crippen molar-refractivity contribution in [2.45, 2.75) is 157 Å². The molecular weight excluding hydrogens is 1090 g/mol. The van der Waals surface area contributed by atoms with Crippen molar-refractivity contribution in [2.24, 2.45) is 33.8 Å². The minimum absolute atomic E-state index is 0.00283. The van der Waals surface area contributed by atoms with Crippen LogP contribution in [0.25, 0.3) is 0 Å². The molecule has 0 radical (unpaired) electrons. The Morgan fingerprint density at radius 2 is 1.37 bits per heavy atom. The first-order valence-corrected chi connectivity index (χ1v) is 29.1. The zero-order chi connectivity index (χ0) is 63.2. The summed E-state index contributed by atoms with van der Waals surface area (Å²) >= 11 is 0. The molecule has 2 aromatic rings. The number of hydrogen-bond acceptors (Lipinski definition) is 13. The summed E-state index contributed by atoms with van der Waals surface area (Å²) in [6, 6.07) is 6.08. The number of carbonyl (C=O) groups excluding carboxylic acids is 9. The Kier molecular flexibility index (Phi) is 24.9. The number of benzene rings is 2. The molecule has 2 aromatic carbocycles. The van der Waals surface area contributed by atoms with Crippen molar-refractivity contribution in [3.8, 4) is 0 Å². The quantitative estimate of drug-likeness (QED) is 0.0303. The monoisotopic (exact) mass is 1180 g/mol. The van der Waals surface area contributed by atoms with Crippen molar-refractivity contribution in [1.82, 2.24) is 41.1 Å². The number of nitrogens with two attached hydrogens (primary N) is 1. The first-order valence-electron chi connectivity index (χ1n) is 27.6. The van der Waals surface area contributed by atoms with E-state index in [2.05, 4.69) is 31.9 Å². The fourth-order valence-corrected chi connectivity index (χ4v) is 10.4. The molecule has 5 atom stereocenters. The third-order valence-electron chi connectivity index (χ3n) is 14.2. The first kappa shape index (κ1) is 70.2. The Morgan fingerprint density at radius 3 is 1.90 bits per heavy atom. The van der Waals surface area contributed by atoms with Crippen LogP contribution in [0.15, 0.2) is 77.2 Å². The molecule has 0 spiro atoms. The number of nitrogens with one attached hydrogen (secondary N) is 7. The number of primary amides is 1. The van der Waals surface area contributed by atoms with Gasteiger partial charge in [-0.05, 0) is 73.2 Å². The van der Waals surface area contributed by atoms with Crippen LogP contribution in [0.2, 0.25) is 0 Å². The van der Waals surface area contributed by atoms with E-state index in [9.17, 15) is 51.6 Å². The Balaban J connectivity index is 1.75. The van der Waals surface area contributed by atoms with Gasteiger partial charge in [0.2, 0.25) is 29.5 Å². The highest BCUT2D eigenvalue weighted by atomic mass is 32.2. The van der Waals surface area contributed by atoms with Gasteiger partial charge in [-0.15, -0.1) is 0 Å². The third-order valence-corrected chi connectivity index (χ3v) is 15.5. The predicted molar refractivity (Wildman–Crippen MR) is 314 cm³/mol. The molecule has 0 bridgehead atoms. The topological polar surface area (TPSA) is 314 Å². The minimum Gasteiger partial charge on any atom is -0.380 e. The van der Waals surface area contributed by atoms with Crippen LogP contribution in [-0.2, 0) is 58.5 Å². The lowest BCUT2D eigenvalue weighted by molar-refractivity contribution is -0.141. The van der Waals surface area contributed by atoms with Gasteiger partial charge in [0.25, 0.3) is 27.7 Å². The third kappa shape index (κ3) is 20.7. The molecule has 0 fully saturated rings. The molecule has 0 unspecified atom stereocenters. The van der Waals surface area contributed by atoms with E-state index in [0.717, 1.165) is 22.6 Å². The molecule has 83 heavy (non-hydrogen) atoms. The average Bonchev–Trinajstić information content (AvgIpc) is 3.87. The van der Waals surface area contributed by atoms with E-state index in [0.29, 0.717) is 6.07 Å². The van der Waals surface area contributed by atoms with Crippen LogP contribution in [0.4, 0.5) is 14.9 Å². The van der Waals surface area contributed by atoms with Crippen LogP contribution >= 0.6 is 0 Å². The number of likely N-dealkylation sites (N-methyl/N-ethyl adjacent to an activating group) is 2. The number of nitrogens with zero attached hydrogens (tertiary/aromatic N) is 2. The van der Waals surface area contributed by atoms with E-state index in [1.54, 1.807) is 48.6 Å². The van der Waals surface area contributed by atoms with E-state index in [1.165, 1.54) is 37.1 Å². The van der Waals surface area contributed by atoms with Crippen LogP contribution in [0.1, 0.15) is 122 Å². The maximum absolute atomic E-state index is 15.9. The average molecular weight is 1180 g/mol. The van der Waals surface area contributed by atoms with Gasteiger partial charge in [0.05, 0.1) is 35.9 Å². The fourth-order valence-electron chi connectivity index (χ4n) is 9.37. The number of carbonyl (C=O) groups is 9. The number of halogens is 1. The highest BCUT2D eigenvalue weighted by Crippen LogP contribution is 2.30. The maximum atomic E-state index is 15.9. The summed E-state index contributed by atoms with van der Waals surface area (Å²) in [6.07, 6.45) is 3.76. The van der Waals surface area contributed by atoms with Crippen molar-refractivity contribution >= 4 is 69.0 Å². The van der Waals surface area contributed by atoms with Gasteiger partial charge in [0, 0.05) is 55.1 Å². The lowest BCUT2D eigenvalue weighted by Crippen LogP contribution is -2.61. The largest absolute Gasteiger partial charge is 0.380 e. The summed E-state index contributed by atoms with van der Waals surface area (Å²) in [4.78, 5) is 121. The SMILES string of the molecule is CN[C@H](C(=O)N[C@H](C(=O)N(C)[C@H](/C=C(\C)C(=O)NS(=O)(=O)c1ccc(NC(=O)[C@H](CCCNC(N)=O)NC(=O)[C@@H](NC(=O)CC(C)(C)COCC(C)(C)CN2C(=O)C=CC2=O)C(C)C)c(F)c1)C(C)C)C(C)(C)C)C(C)(C)c1ccccc1. The number of anilines is 1. The van der Waals surface area contributed by atoms with Crippen LogP contribution < -0.4 is 42.4 Å². The molecule has 0 aliphatic carbocycles. The molecule has 10 amide bonds. The number of rotatable bonds is 30. The molecule has 1 heterocycles. The highest BCUT2D eigenvalue weighted by molar-refractivity contribution is 7.90. The van der Waals surface area contributed by atoms with E-state index < -0.39 is 137 Å². The van der Waals surface area contributed by atoms with E-state index in [-0.39, 0.29) is 57.1 Å². The lowest BCUT2D eigenvalue weighted by Gasteiger charge is -2.40. The summed E-state index contributed by atoms with van der Waals surface area (Å²) in [5.74, 6) is -6.98. The predicted octanol–water partition coefficient (Wildman–Crippen LogP) is 4.55. The Labute approximate surface area is 488 Å². The van der Waals surface area contributed by atoms with Crippen molar-refractivity contribution < 1.29 is 60.7 Å². The van der Waals surface area contributed by atoms with Crippen LogP contribution in [0.5, 0.6) is 0 Å². The second-order valence-electron chi connectivity index (χ2n) is 25.1. The summed E-state index contributed by atoms with van der Waals surface area (Å²) in [5, 5.41) is 16.2. The molecule has 22 nitrogen and oxygen atoms in total. The summed E-state index contributed by atoms with van der Waals surface area (Å²) in [6.45, 7) is 25.2. The van der Waals surface area contributed by atoms with Gasteiger partial charge in [0.1, 0.15) is 23.9 Å². The zero-order valence-corrected chi connectivity index (χ0v) is 51.8. The molecule has 460 valence electrons. The zero-order valence-electron chi connectivity index (χ0n) is 51.0. The molecular formula is C59H89FN10O12S. The van der Waals surface area contributed by atoms with Gasteiger partial charge < -0.3 is 47.3 Å². The van der Waals surface area contributed by atoms with Gasteiger partial charge >= 0.3 is 6.03 Å². The van der Waals surface area contributed by atoms with Crippen molar-refractivity contribution in [1.29, 1.82) is 0 Å². The van der Waals surface area contributed by atoms with Gasteiger partial charge in [-0.25, -0.2) is 22.3 Å². The molecule has 1 aliphatic heterocycles. The lowest BCUT2D eigenvalue weighted by atomic mass is 9.76. The molecule has 0 aromatic heterocycles. The Morgan fingerprint density at radius 1 is 0.783 bits per heavy atom. The molecule has 1 aliphatic rings. The summed E-state index contributed by atoms with van der Waals surface area (Å²) in [7, 11) is -1.56. The van der Waals surface area contributed by atoms with Crippen molar-refractivity contribution in [2.75, 3.05) is 45.7 Å². The Hall–Kier alpha value is -7.05. The maximum Gasteiger partial charge on any atom is 0.312 e. The van der Waals surface area contributed by atoms with Crippen molar-refractivity contribution in [3.05, 3.63) is 83.7 Å². The normalized spacial score (nSPS) is 15.3. The number of amides is 10. The number of sulfonamides is 1. The van der Waals surface area contributed by atoms with Gasteiger partial charge in [0.15, 0.2) is 0 Å². The molecule has 3 rings (SSSR count). The fraction of sp³-hybridized carbons (Fsp3) is 0.576. The van der Waals surface area contributed by atoms with E-state index in [1.807, 2.05) is 83.5 Å². The number of ether oxygens (including phenoxy) is 1. The standard InChI is InChI=1S/C59H89FN10O12S/c1-35(2)43(69(16)54(78)49(56(6,7)8)67-53(77)48(62-15)59(13,14)38-21-18-17-19-22-38)29-37(5)50(74)68-83(80,81)39-24-25-41(40(60)30-39)64-51(75)42(23-20-28-63-55(61)79)65-52(76)47(36(3)4)66-44(71)31-57(9,10)33-82-34-58(11,12)32-70-45(72)26-27-46(70)73/h17-19,21-22,24-27,29-30,35-36,42-43,47-49,62H,20,23,28,31-34H2,1-16H3,(H,64,75)(H,65,76)(H,66,71)(H,67,77)(H,68,74)(H3,61,63,79)/b37-29+/t42-,43+,47-,48+,49+/m0/s1. The Bertz CT molecular complexity index is 2850. The number of hydrogen-bond donors (Lipinski definition) is 8. The van der Waals surface area contributed by atoms with Gasteiger partial charge in [-0.3, -0.25) is 43.3 Å². The number of urea groups is 1. The van der Waals surface area contributed by atoms with E-state index >= 15 is 4.39 Å². The van der Waals surface area contributed by atoms with Gasteiger partial charge in [-0.2, -0.15) is 0 Å². The first-order chi connectivity index (χ1) is 38.2. The second kappa shape index (κ2) is 29.5. The molecule has 24 heteroatoms. The van der Waals surface area contributed by atoms with Gasteiger partial charge in [-0.1, -0.05) is 126 Å². The summed E-state index contributed by atoms with van der Waals surface area (Å²) < 4.78 is 51.0. The molecule has 9 N–H and O–H groups in total. The second-order valence-corrected chi connectivity index (χ2v) is 26.8. The van der Waals surface area contributed by atoms with Crippen molar-refractivity contribution in [3.63, 3.8) is 0 Å².